The number of carbonyl (C=O) groups is 1. The van der Waals surface area contributed by atoms with Gasteiger partial charge in [-0.25, -0.2) is 4.79 Å². The van der Waals surface area contributed by atoms with E-state index in [0.29, 0.717) is 17.3 Å². The molecule has 0 atom stereocenters. The summed E-state index contributed by atoms with van der Waals surface area (Å²) in [5.74, 6) is -0.473. The largest absolute Gasteiger partial charge is 0.458 e. The molecule has 0 saturated heterocycles. The molecule has 0 saturated carbocycles. The van der Waals surface area contributed by atoms with Crippen molar-refractivity contribution in [3.05, 3.63) is 41.2 Å². The van der Waals surface area contributed by atoms with Crippen LogP contribution in [0.2, 0.25) is 0 Å². The van der Waals surface area contributed by atoms with E-state index in [9.17, 15) is 4.79 Å². The van der Waals surface area contributed by atoms with Crippen LogP contribution < -0.4 is 10.6 Å². The number of aryl methyl sites for hydroxylation is 3. The second kappa shape index (κ2) is 8.11. The van der Waals surface area contributed by atoms with Crippen LogP contribution in [0.25, 0.3) is 0 Å². The number of hydrogen-bond donors (Lipinski definition) is 2. The van der Waals surface area contributed by atoms with Gasteiger partial charge in [-0.15, -0.1) is 0 Å². The Morgan fingerprint density at radius 3 is 2.56 bits per heavy atom. The minimum absolute atomic E-state index is 0.215. The number of nitrogens with zero attached hydrogens (tertiary/aromatic N) is 2. The van der Waals surface area contributed by atoms with Gasteiger partial charge in [0.1, 0.15) is 0 Å². The SMILES string of the molecule is CCn1cc(NC(=S)Nc2ccc(C)cc2C)c(C(=O)OC(C)C)n1. The standard InChI is InChI=1S/C18H24N4O2S/c1-6-22-10-15(16(21-22)17(23)24-11(2)3)20-18(25)19-14-8-7-12(4)9-13(14)5/h7-11H,6H2,1-5H3,(H2,19,20,25). The minimum Gasteiger partial charge on any atom is -0.458 e. The van der Waals surface area contributed by atoms with Crippen LogP contribution in [0.5, 0.6) is 0 Å². The van der Waals surface area contributed by atoms with Gasteiger partial charge in [-0.1, -0.05) is 17.7 Å². The first-order valence-electron chi connectivity index (χ1n) is 8.23. The summed E-state index contributed by atoms with van der Waals surface area (Å²) in [6.07, 6.45) is 1.53. The van der Waals surface area contributed by atoms with Crippen molar-refractivity contribution in [2.75, 3.05) is 10.6 Å². The lowest BCUT2D eigenvalue weighted by Crippen LogP contribution is -2.21. The fourth-order valence-corrected chi connectivity index (χ4v) is 2.55. The molecule has 25 heavy (non-hydrogen) atoms. The molecule has 2 N–H and O–H groups in total. The molecule has 2 rings (SSSR count). The third kappa shape index (κ3) is 5.03. The predicted molar refractivity (Wildman–Crippen MR) is 104 cm³/mol. The molecule has 6 nitrogen and oxygen atoms in total. The molecule has 7 heteroatoms. The van der Waals surface area contributed by atoms with Gasteiger partial charge >= 0.3 is 5.97 Å². The summed E-state index contributed by atoms with van der Waals surface area (Å²) in [6, 6.07) is 6.06. The van der Waals surface area contributed by atoms with Gasteiger partial charge in [0.15, 0.2) is 10.8 Å². The zero-order chi connectivity index (χ0) is 18.6. The quantitative estimate of drug-likeness (QED) is 0.623. The monoisotopic (exact) mass is 360 g/mol. The van der Waals surface area contributed by atoms with E-state index < -0.39 is 5.97 Å². The summed E-state index contributed by atoms with van der Waals surface area (Å²) in [5.41, 5.74) is 3.94. The molecule has 0 aliphatic rings. The predicted octanol–water partition coefficient (Wildman–Crippen LogP) is 3.89. The molecule has 1 aromatic heterocycles. The first-order chi connectivity index (χ1) is 11.8. The average molecular weight is 360 g/mol. The number of hydrogen-bond acceptors (Lipinski definition) is 4. The Labute approximate surface area is 153 Å². The highest BCUT2D eigenvalue weighted by Gasteiger charge is 2.20. The van der Waals surface area contributed by atoms with Gasteiger partial charge in [0.25, 0.3) is 0 Å². The van der Waals surface area contributed by atoms with Gasteiger partial charge in [0.05, 0.1) is 11.8 Å². The number of benzene rings is 1. The number of esters is 1. The van der Waals surface area contributed by atoms with Crippen molar-refractivity contribution in [1.29, 1.82) is 0 Å². The summed E-state index contributed by atoms with van der Waals surface area (Å²) >= 11 is 5.38. The van der Waals surface area contributed by atoms with E-state index in [1.54, 1.807) is 24.7 Å². The van der Waals surface area contributed by atoms with Crippen LogP contribution in [0.4, 0.5) is 11.4 Å². The van der Waals surface area contributed by atoms with Crippen LogP contribution in [-0.4, -0.2) is 27.0 Å². The summed E-state index contributed by atoms with van der Waals surface area (Å²) in [6.45, 7) is 10.2. The van der Waals surface area contributed by atoms with Crippen molar-refractivity contribution in [3.8, 4) is 0 Å². The highest BCUT2D eigenvalue weighted by atomic mass is 32.1. The van der Waals surface area contributed by atoms with Crippen LogP contribution in [0, 0.1) is 13.8 Å². The van der Waals surface area contributed by atoms with Gasteiger partial charge in [0, 0.05) is 18.4 Å². The fourth-order valence-electron chi connectivity index (χ4n) is 2.33. The number of anilines is 2. The zero-order valence-electron chi connectivity index (χ0n) is 15.2. The molecule has 1 aromatic carbocycles. The van der Waals surface area contributed by atoms with Gasteiger partial charge in [0.2, 0.25) is 0 Å². The van der Waals surface area contributed by atoms with Crippen molar-refractivity contribution in [2.24, 2.45) is 0 Å². The Morgan fingerprint density at radius 2 is 1.96 bits per heavy atom. The smallest absolute Gasteiger partial charge is 0.361 e. The molecule has 0 amide bonds. The summed E-state index contributed by atoms with van der Waals surface area (Å²) < 4.78 is 6.91. The molecule has 0 bridgehead atoms. The molecule has 134 valence electrons. The van der Waals surface area contributed by atoms with E-state index in [1.165, 1.54) is 5.56 Å². The first-order valence-corrected chi connectivity index (χ1v) is 8.64. The molecular formula is C18H24N4O2S. The van der Waals surface area contributed by atoms with E-state index in [-0.39, 0.29) is 11.8 Å². The highest BCUT2D eigenvalue weighted by Crippen LogP contribution is 2.19. The lowest BCUT2D eigenvalue weighted by Gasteiger charge is -2.13. The van der Waals surface area contributed by atoms with Crippen LogP contribution in [-0.2, 0) is 11.3 Å². The van der Waals surface area contributed by atoms with E-state index >= 15 is 0 Å². The third-order valence-corrected chi connectivity index (χ3v) is 3.70. The lowest BCUT2D eigenvalue weighted by molar-refractivity contribution is 0.0371. The number of nitrogens with one attached hydrogen (secondary N) is 2. The Hall–Kier alpha value is -2.41. The fraction of sp³-hybridized carbons (Fsp3) is 0.389. The second-order valence-electron chi connectivity index (χ2n) is 6.10. The topological polar surface area (TPSA) is 68.2 Å². The van der Waals surface area contributed by atoms with E-state index in [2.05, 4.69) is 21.8 Å². The van der Waals surface area contributed by atoms with Crippen molar-refractivity contribution < 1.29 is 9.53 Å². The van der Waals surface area contributed by atoms with Crippen LogP contribution >= 0.6 is 12.2 Å². The Morgan fingerprint density at radius 1 is 1.28 bits per heavy atom. The van der Waals surface area contributed by atoms with Gasteiger partial charge in [-0.3, -0.25) is 4.68 Å². The number of thiocarbonyl (C=S) groups is 1. The molecule has 0 fully saturated rings. The highest BCUT2D eigenvalue weighted by molar-refractivity contribution is 7.80. The van der Waals surface area contributed by atoms with Crippen LogP contribution in [0.1, 0.15) is 42.4 Å². The number of aromatic nitrogens is 2. The normalized spacial score (nSPS) is 10.6. The summed E-state index contributed by atoms with van der Waals surface area (Å²) in [4.78, 5) is 12.2. The van der Waals surface area contributed by atoms with E-state index in [4.69, 9.17) is 17.0 Å². The Bertz CT molecular complexity index is 783. The Balaban J connectivity index is 2.16. The van der Waals surface area contributed by atoms with Crippen molar-refractivity contribution in [3.63, 3.8) is 0 Å². The van der Waals surface area contributed by atoms with Crippen molar-refractivity contribution in [2.45, 2.75) is 47.3 Å². The molecule has 0 unspecified atom stereocenters. The summed E-state index contributed by atoms with van der Waals surface area (Å²) in [7, 11) is 0. The van der Waals surface area contributed by atoms with Crippen molar-refractivity contribution >= 4 is 34.7 Å². The van der Waals surface area contributed by atoms with Gasteiger partial charge < -0.3 is 15.4 Å². The average Bonchev–Trinajstić information content (AvgIpc) is 2.92. The minimum atomic E-state index is -0.473. The maximum absolute atomic E-state index is 12.2. The lowest BCUT2D eigenvalue weighted by atomic mass is 10.1. The molecule has 0 aliphatic heterocycles. The van der Waals surface area contributed by atoms with E-state index in [1.807, 2.05) is 32.9 Å². The van der Waals surface area contributed by atoms with E-state index in [0.717, 1.165) is 11.3 Å². The van der Waals surface area contributed by atoms with Gasteiger partial charge in [-0.05, 0) is 58.5 Å². The van der Waals surface area contributed by atoms with Gasteiger partial charge in [-0.2, -0.15) is 5.10 Å². The molecule has 0 aliphatic carbocycles. The third-order valence-electron chi connectivity index (χ3n) is 3.50. The second-order valence-corrected chi connectivity index (χ2v) is 6.51. The first kappa shape index (κ1) is 18.9. The molecule has 2 aromatic rings. The maximum atomic E-state index is 12.2. The summed E-state index contributed by atoms with van der Waals surface area (Å²) in [5, 5.41) is 10.9. The van der Waals surface area contributed by atoms with Crippen LogP contribution in [0.15, 0.2) is 24.4 Å². The Kier molecular flexibility index (Phi) is 6.14. The van der Waals surface area contributed by atoms with Crippen LogP contribution in [0.3, 0.4) is 0 Å². The molecular weight excluding hydrogens is 336 g/mol. The van der Waals surface area contributed by atoms with Crippen molar-refractivity contribution in [1.82, 2.24) is 9.78 Å². The molecule has 0 radical (unpaired) electrons. The number of rotatable bonds is 5. The molecule has 1 heterocycles. The number of ether oxygens (including phenoxy) is 1. The zero-order valence-corrected chi connectivity index (χ0v) is 16.0. The maximum Gasteiger partial charge on any atom is 0.361 e. The molecule has 0 spiro atoms. The number of carbonyl (C=O) groups excluding carboxylic acids is 1.